The largest absolute Gasteiger partial charge is 0.381 e. The average Bonchev–Trinajstić information content (AvgIpc) is 2.43. The minimum absolute atomic E-state index is 0.507. The van der Waals surface area contributed by atoms with Crippen molar-refractivity contribution in [3.8, 4) is 0 Å². The van der Waals surface area contributed by atoms with E-state index in [1.54, 1.807) is 0 Å². The molecule has 0 aromatic carbocycles. The van der Waals surface area contributed by atoms with Crippen LogP contribution in [-0.4, -0.2) is 25.0 Å². The molecule has 0 radical (unpaired) electrons. The van der Waals surface area contributed by atoms with Crippen LogP contribution in [0.4, 0.5) is 0 Å². The van der Waals surface area contributed by atoms with Crippen LogP contribution < -0.4 is 0 Å². The number of nitrogens with zero attached hydrogens (tertiary/aromatic N) is 1. The van der Waals surface area contributed by atoms with Crippen molar-refractivity contribution in [1.82, 2.24) is 0 Å². The number of aliphatic imine (C=N–C) groups is 1. The standard InChI is InChI=1S/C10H17NO/c1-7-5-8-6-9(12-2)3-4-10(8)11-7/h8-10H,3-6H2,1-2H3. The van der Waals surface area contributed by atoms with Crippen molar-refractivity contribution in [2.75, 3.05) is 7.11 Å². The highest BCUT2D eigenvalue weighted by Gasteiger charge is 2.33. The topological polar surface area (TPSA) is 21.6 Å². The second kappa shape index (κ2) is 3.17. The summed E-state index contributed by atoms with van der Waals surface area (Å²) in [7, 11) is 1.83. The van der Waals surface area contributed by atoms with Gasteiger partial charge in [-0.15, -0.1) is 0 Å². The third-order valence-corrected chi connectivity index (χ3v) is 3.17. The zero-order valence-electron chi connectivity index (χ0n) is 7.92. The molecular weight excluding hydrogens is 150 g/mol. The summed E-state index contributed by atoms with van der Waals surface area (Å²) in [6.45, 7) is 2.15. The van der Waals surface area contributed by atoms with Gasteiger partial charge in [0.25, 0.3) is 0 Å². The van der Waals surface area contributed by atoms with E-state index >= 15 is 0 Å². The van der Waals surface area contributed by atoms with E-state index in [-0.39, 0.29) is 0 Å². The lowest BCUT2D eigenvalue weighted by molar-refractivity contribution is 0.0482. The Labute approximate surface area is 74.0 Å². The lowest BCUT2D eigenvalue weighted by Crippen LogP contribution is -2.29. The summed E-state index contributed by atoms with van der Waals surface area (Å²) < 4.78 is 5.38. The molecule has 1 saturated carbocycles. The zero-order valence-corrected chi connectivity index (χ0v) is 7.92. The Morgan fingerprint density at radius 3 is 3.00 bits per heavy atom. The Balaban J connectivity index is 1.97. The van der Waals surface area contributed by atoms with E-state index < -0.39 is 0 Å². The maximum absolute atomic E-state index is 5.38. The minimum atomic E-state index is 0.507. The summed E-state index contributed by atoms with van der Waals surface area (Å²) in [5.74, 6) is 0.795. The van der Waals surface area contributed by atoms with E-state index in [4.69, 9.17) is 4.74 Å². The van der Waals surface area contributed by atoms with Crippen molar-refractivity contribution in [3.05, 3.63) is 0 Å². The molecule has 0 spiro atoms. The first kappa shape index (κ1) is 8.24. The van der Waals surface area contributed by atoms with Gasteiger partial charge in [-0.05, 0) is 38.5 Å². The first-order chi connectivity index (χ1) is 5.79. The molecule has 2 rings (SSSR count). The fourth-order valence-electron chi connectivity index (χ4n) is 2.52. The lowest BCUT2D eigenvalue weighted by atomic mass is 9.83. The number of hydrogen-bond donors (Lipinski definition) is 0. The number of rotatable bonds is 1. The van der Waals surface area contributed by atoms with Crippen molar-refractivity contribution >= 4 is 5.71 Å². The summed E-state index contributed by atoms with van der Waals surface area (Å²) >= 11 is 0. The van der Waals surface area contributed by atoms with Gasteiger partial charge in [0.1, 0.15) is 0 Å². The first-order valence-corrected chi connectivity index (χ1v) is 4.85. The molecule has 12 heavy (non-hydrogen) atoms. The van der Waals surface area contributed by atoms with Gasteiger partial charge in [-0.2, -0.15) is 0 Å². The van der Waals surface area contributed by atoms with Crippen molar-refractivity contribution in [2.24, 2.45) is 10.9 Å². The van der Waals surface area contributed by atoms with Crippen LogP contribution in [0.3, 0.4) is 0 Å². The normalized spacial score (nSPS) is 40.8. The van der Waals surface area contributed by atoms with Crippen LogP contribution in [0, 0.1) is 5.92 Å². The minimum Gasteiger partial charge on any atom is -0.381 e. The summed E-state index contributed by atoms with van der Waals surface area (Å²) in [6.07, 6.45) is 5.38. The SMILES string of the molecule is COC1CCC2N=C(C)CC2C1. The molecule has 0 aromatic heterocycles. The molecule has 1 heterocycles. The molecule has 3 unspecified atom stereocenters. The van der Waals surface area contributed by atoms with E-state index in [9.17, 15) is 0 Å². The summed E-state index contributed by atoms with van der Waals surface area (Å²) in [6, 6.07) is 0.636. The van der Waals surface area contributed by atoms with Crippen molar-refractivity contribution in [1.29, 1.82) is 0 Å². The second-order valence-corrected chi connectivity index (χ2v) is 4.07. The van der Waals surface area contributed by atoms with Crippen LogP contribution in [0.1, 0.15) is 32.6 Å². The molecule has 2 heteroatoms. The molecule has 1 aliphatic heterocycles. The average molecular weight is 167 g/mol. The molecule has 0 saturated heterocycles. The highest BCUT2D eigenvalue weighted by molar-refractivity contribution is 5.84. The molecule has 0 aromatic rings. The second-order valence-electron chi connectivity index (χ2n) is 4.07. The third-order valence-electron chi connectivity index (χ3n) is 3.17. The maximum Gasteiger partial charge on any atom is 0.0575 e. The molecule has 3 atom stereocenters. The highest BCUT2D eigenvalue weighted by Crippen LogP contribution is 2.35. The van der Waals surface area contributed by atoms with E-state index in [1.165, 1.54) is 31.4 Å². The molecular formula is C10H17NO. The van der Waals surface area contributed by atoms with E-state index in [1.807, 2.05) is 7.11 Å². The maximum atomic E-state index is 5.38. The fraction of sp³-hybridized carbons (Fsp3) is 0.900. The smallest absolute Gasteiger partial charge is 0.0575 e. The fourth-order valence-corrected chi connectivity index (χ4v) is 2.52. The van der Waals surface area contributed by atoms with Crippen LogP contribution >= 0.6 is 0 Å². The van der Waals surface area contributed by atoms with Crippen LogP contribution in [0.5, 0.6) is 0 Å². The molecule has 0 amide bonds. The van der Waals surface area contributed by atoms with Gasteiger partial charge in [0.15, 0.2) is 0 Å². The molecule has 2 aliphatic rings. The van der Waals surface area contributed by atoms with Gasteiger partial charge in [-0.1, -0.05) is 0 Å². The number of methoxy groups -OCH3 is 1. The molecule has 1 fully saturated rings. The Kier molecular flexibility index (Phi) is 2.18. The van der Waals surface area contributed by atoms with Gasteiger partial charge in [-0.25, -0.2) is 0 Å². The van der Waals surface area contributed by atoms with E-state index in [0.29, 0.717) is 12.1 Å². The number of hydrogen-bond acceptors (Lipinski definition) is 2. The molecule has 0 bridgehead atoms. The van der Waals surface area contributed by atoms with Gasteiger partial charge < -0.3 is 4.74 Å². The third kappa shape index (κ3) is 1.40. The monoisotopic (exact) mass is 167 g/mol. The first-order valence-electron chi connectivity index (χ1n) is 4.85. The highest BCUT2D eigenvalue weighted by atomic mass is 16.5. The lowest BCUT2D eigenvalue weighted by Gasteiger charge is -2.29. The van der Waals surface area contributed by atoms with Crippen molar-refractivity contribution in [2.45, 2.75) is 44.8 Å². The van der Waals surface area contributed by atoms with Gasteiger partial charge in [0.2, 0.25) is 0 Å². The van der Waals surface area contributed by atoms with Crippen LogP contribution in [0.15, 0.2) is 4.99 Å². The van der Waals surface area contributed by atoms with E-state index in [0.717, 1.165) is 5.92 Å². The summed E-state index contributed by atoms with van der Waals surface area (Å²) in [4.78, 5) is 4.64. The number of fused-ring (bicyclic) bond motifs is 1. The van der Waals surface area contributed by atoms with Crippen LogP contribution in [0.2, 0.25) is 0 Å². The summed E-state index contributed by atoms with van der Waals surface area (Å²) in [5.41, 5.74) is 1.35. The van der Waals surface area contributed by atoms with Crippen LogP contribution in [0.25, 0.3) is 0 Å². The molecule has 0 N–H and O–H groups in total. The predicted octanol–water partition coefficient (Wildman–Crippen LogP) is 2.03. The Hall–Kier alpha value is -0.370. The van der Waals surface area contributed by atoms with Crippen molar-refractivity contribution < 1.29 is 4.74 Å². The van der Waals surface area contributed by atoms with Gasteiger partial charge >= 0.3 is 0 Å². The van der Waals surface area contributed by atoms with Crippen molar-refractivity contribution in [3.63, 3.8) is 0 Å². The Bertz CT molecular complexity index is 200. The summed E-state index contributed by atoms with van der Waals surface area (Å²) in [5, 5.41) is 0. The van der Waals surface area contributed by atoms with Crippen LogP contribution in [-0.2, 0) is 4.74 Å². The molecule has 2 nitrogen and oxygen atoms in total. The van der Waals surface area contributed by atoms with Gasteiger partial charge in [0.05, 0.1) is 12.1 Å². The van der Waals surface area contributed by atoms with Gasteiger partial charge in [0, 0.05) is 12.8 Å². The molecule has 1 aliphatic carbocycles. The molecule has 68 valence electrons. The quantitative estimate of drug-likeness (QED) is 0.585. The zero-order chi connectivity index (χ0) is 8.55. The van der Waals surface area contributed by atoms with Gasteiger partial charge in [-0.3, -0.25) is 4.99 Å². The predicted molar refractivity (Wildman–Crippen MR) is 49.7 cm³/mol. The van der Waals surface area contributed by atoms with E-state index in [2.05, 4.69) is 11.9 Å². The Morgan fingerprint density at radius 2 is 2.25 bits per heavy atom. The number of ether oxygens (including phenoxy) is 1. The Morgan fingerprint density at radius 1 is 1.42 bits per heavy atom.